The van der Waals surface area contributed by atoms with Gasteiger partial charge in [-0.25, -0.2) is 0 Å². The number of allylic oxidation sites excluding steroid dienone is 3. The summed E-state index contributed by atoms with van der Waals surface area (Å²) >= 11 is 6.34. The van der Waals surface area contributed by atoms with E-state index in [0.29, 0.717) is 22.2 Å². The van der Waals surface area contributed by atoms with Gasteiger partial charge in [0.15, 0.2) is 0 Å². The first kappa shape index (κ1) is 16.2. The molecule has 21 heavy (non-hydrogen) atoms. The van der Waals surface area contributed by atoms with Crippen LogP contribution < -0.4 is 0 Å². The van der Waals surface area contributed by atoms with Crippen molar-refractivity contribution in [3.8, 4) is 0 Å². The molecule has 0 aliphatic carbocycles. The molecule has 0 aromatic heterocycles. The van der Waals surface area contributed by atoms with Gasteiger partial charge >= 0.3 is 0 Å². The Kier molecular flexibility index (Phi) is 4.87. The van der Waals surface area contributed by atoms with Crippen molar-refractivity contribution in [2.75, 3.05) is 19.3 Å². The number of hydrogen-bond donors (Lipinski definition) is 1. The maximum atomic E-state index is 12.0. The summed E-state index contributed by atoms with van der Waals surface area (Å²) in [5, 5.41) is 0. The molecular formula is C12H14N2O4S3. The van der Waals surface area contributed by atoms with Crippen LogP contribution in [-0.2, 0) is 14.9 Å². The SMILES string of the molecule is CN1C(=O)C(=C2C=CN(CCCS(=O)(=O)O)C=C2)SC1=S. The monoisotopic (exact) mass is 346 g/mol. The van der Waals surface area contributed by atoms with E-state index in [1.54, 1.807) is 36.5 Å². The average molecular weight is 346 g/mol. The van der Waals surface area contributed by atoms with Crippen molar-refractivity contribution in [2.24, 2.45) is 0 Å². The third-order valence-corrected chi connectivity index (χ3v) is 5.33. The van der Waals surface area contributed by atoms with E-state index in [0.717, 1.165) is 5.57 Å². The van der Waals surface area contributed by atoms with Crippen LogP contribution in [0.1, 0.15) is 6.42 Å². The Balaban J connectivity index is 1.99. The van der Waals surface area contributed by atoms with E-state index < -0.39 is 10.1 Å². The van der Waals surface area contributed by atoms with Crippen LogP contribution in [0.15, 0.2) is 35.0 Å². The van der Waals surface area contributed by atoms with Crippen LogP contribution >= 0.6 is 24.0 Å². The number of thioether (sulfide) groups is 1. The van der Waals surface area contributed by atoms with E-state index in [9.17, 15) is 13.2 Å². The normalized spacial score (nSPS) is 19.1. The summed E-state index contributed by atoms with van der Waals surface area (Å²) in [6.45, 7) is 0.467. The van der Waals surface area contributed by atoms with Gasteiger partial charge in [-0.05, 0) is 24.1 Å². The first-order valence-corrected chi connectivity index (χ1v) is 8.93. The largest absolute Gasteiger partial charge is 0.354 e. The highest BCUT2D eigenvalue weighted by Crippen LogP contribution is 2.33. The summed E-state index contributed by atoms with van der Waals surface area (Å²) in [6.07, 6.45) is 7.42. The average Bonchev–Trinajstić information content (AvgIpc) is 2.66. The van der Waals surface area contributed by atoms with Crippen molar-refractivity contribution in [3.05, 3.63) is 35.0 Å². The number of amides is 1. The Morgan fingerprint density at radius 3 is 2.43 bits per heavy atom. The third-order valence-electron chi connectivity index (χ3n) is 2.93. The molecule has 9 heteroatoms. The number of nitrogens with zero attached hydrogens (tertiary/aromatic N) is 2. The molecule has 0 unspecified atom stereocenters. The van der Waals surface area contributed by atoms with E-state index in [1.807, 2.05) is 0 Å². The Bertz CT molecular complexity index is 648. The smallest absolute Gasteiger partial charge is 0.266 e. The van der Waals surface area contributed by atoms with E-state index in [1.165, 1.54) is 16.7 Å². The number of hydrogen-bond acceptors (Lipinski definition) is 6. The predicted molar refractivity (Wildman–Crippen MR) is 86.0 cm³/mol. The first-order valence-electron chi connectivity index (χ1n) is 6.09. The highest BCUT2D eigenvalue weighted by Gasteiger charge is 2.30. The van der Waals surface area contributed by atoms with E-state index in [-0.39, 0.29) is 11.7 Å². The minimum atomic E-state index is -3.92. The molecule has 0 bridgehead atoms. The fourth-order valence-electron chi connectivity index (χ4n) is 1.80. The predicted octanol–water partition coefficient (Wildman–Crippen LogP) is 1.35. The minimum absolute atomic E-state index is 0.117. The summed E-state index contributed by atoms with van der Waals surface area (Å²) in [4.78, 5) is 15.8. The van der Waals surface area contributed by atoms with Crippen molar-refractivity contribution in [1.82, 2.24) is 9.80 Å². The van der Waals surface area contributed by atoms with Crippen LogP contribution in [0.25, 0.3) is 0 Å². The fourth-order valence-corrected chi connectivity index (χ4v) is 3.50. The maximum absolute atomic E-state index is 12.0. The summed E-state index contributed by atoms with van der Waals surface area (Å²) in [7, 11) is -2.28. The molecule has 1 fully saturated rings. The summed E-state index contributed by atoms with van der Waals surface area (Å²) in [5.74, 6) is -0.388. The molecule has 1 saturated heterocycles. The van der Waals surface area contributed by atoms with Crippen molar-refractivity contribution in [2.45, 2.75) is 6.42 Å². The van der Waals surface area contributed by atoms with Gasteiger partial charge in [-0.3, -0.25) is 14.2 Å². The Labute approximate surface area is 132 Å². The molecule has 2 aliphatic heterocycles. The quantitative estimate of drug-likeness (QED) is 0.468. The molecule has 0 radical (unpaired) electrons. The number of thiocarbonyl (C=S) groups is 1. The van der Waals surface area contributed by atoms with Gasteiger partial charge in [0.05, 0.1) is 10.7 Å². The van der Waals surface area contributed by atoms with Crippen molar-refractivity contribution >= 4 is 44.3 Å². The molecule has 2 heterocycles. The van der Waals surface area contributed by atoms with Gasteiger partial charge in [0.25, 0.3) is 16.0 Å². The number of carbonyl (C=O) groups excluding carboxylic acids is 1. The lowest BCUT2D eigenvalue weighted by Crippen LogP contribution is -2.22. The molecule has 0 atom stereocenters. The second-order valence-corrected chi connectivity index (χ2v) is 7.74. The van der Waals surface area contributed by atoms with Crippen LogP contribution in [0.4, 0.5) is 0 Å². The molecule has 0 aromatic carbocycles. The standard InChI is InChI=1S/C12H14N2O4S3/c1-13-11(15)10(20-12(13)19)9-3-6-14(7-4-9)5-2-8-21(16,17)18/h3-4,6-7H,2,5,8H2,1H3,(H,16,17,18). The zero-order valence-electron chi connectivity index (χ0n) is 11.2. The van der Waals surface area contributed by atoms with Gasteiger partial charge in [0, 0.05) is 26.0 Å². The first-order chi connectivity index (χ1) is 9.78. The van der Waals surface area contributed by atoms with E-state index in [4.69, 9.17) is 16.8 Å². The lowest BCUT2D eigenvalue weighted by molar-refractivity contribution is -0.121. The van der Waals surface area contributed by atoms with Crippen LogP contribution in [0.2, 0.25) is 0 Å². The minimum Gasteiger partial charge on any atom is -0.354 e. The van der Waals surface area contributed by atoms with Crippen molar-refractivity contribution < 1.29 is 17.8 Å². The second kappa shape index (κ2) is 6.30. The molecular weight excluding hydrogens is 332 g/mol. The van der Waals surface area contributed by atoms with Crippen LogP contribution in [-0.4, -0.2) is 52.3 Å². The lowest BCUT2D eigenvalue weighted by Gasteiger charge is -2.18. The van der Waals surface area contributed by atoms with Crippen molar-refractivity contribution in [1.29, 1.82) is 0 Å². The molecule has 0 aromatic rings. The number of likely N-dealkylation sites (N-methyl/N-ethyl adjacent to an activating group) is 1. The van der Waals surface area contributed by atoms with Crippen LogP contribution in [0.3, 0.4) is 0 Å². The molecule has 2 aliphatic rings. The Hall–Kier alpha value is -1.16. The van der Waals surface area contributed by atoms with Gasteiger partial charge in [-0.15, -0.1) is 0 Å². The fraction of sp³-hybridized carbons (Fsp3) is 0.333. The topological polar surface area (TPSA) is 77.9 Å². The Morgan fingerprint density at radius 1 is 1.33 bits per heavy atom. The third kappa shape index (κ3) is 4.16. The van der Waals surface area contributed by atoms with Crippen molar-refractivity contribution in [3.63, 3.8) is 0 Å². The molecule has 2 rings (SSSR count). The molecule has 1 amide bonds. The highest BCUT2D eigenvalue weighted by molar-refractivity contribution is 8.26. The molecule has 0 saturated carbocycles. The van der Waals surface area contributed by atoms with E-state index in [2.05, 4.69) is 0 Å². The summed E-state index contributed by atoms with van der Waals surface area (Å²) in [5.41, 5.74) is 0.780. The molecule has 6 nitrogen and oxygen atoms in total. The zero-order chi connectivity index (χ0) is 15.6. The maximum Gasteiger partial charge on any atom is 0.266 e. The molecule has 114 valence electrons. The van der Waals surface area contributed by atoms with E-state index >= 15 is 0 Å². The number of rotatable bonds is 4. The molecule has 0 spiro atoms. The van der Waals surface area contributed by atoms with Crippen LogP contribution in [0, 0.1) is 0 Å². The Morgan fingerprint density at radius 2 is 1.95 bits per heavy atom. The zero-order valence-corrected chi connectivity index (χ0v) is 13.7. The number of carbonyl (C=O) groups is 1. The van der Waals surface area contributed by atoms with Gasteiger partial charge in [-0.2, -0.15) is 8.42 Å². The summed E-state index contributed by atoms with van der Waals surface area (Å²) < 4.78 is 30.5. The van der Waals surface area contributed by atoms with Gasteiger partial charge in [-0.1, -0.05) is 24.0 Å². The molecule has 1 N–H and O–H groups in total. The van der Waals surface area contributed by atoms with Crippen LogP contribution in [0.5, 0.6) is 0 Å². The summed E-state index contributed by atoms with van der Waals surface area (Å²) in [6, 6.07) is 0. The second-order valence-electron chi connectivity index (χ2n) is 4.53. The lowest BCUT2D eigenvalue weighted by atomic mass is 10.2. The van der Waals surface area contributed by atoms with Gasteiger partial charge in [0.2, 0.25) is 0 Å². The van der Waals surface area contributed by atoms with Gasteiger partial charge < -0.3 is 4.90 Å². The van der Waals surface area contributed by atoms with Gasteiger partial charge in [0.1, 0.15) is 4.32 Å². The highest BCUT2D eigenvalue weighted by atomic mass is 32.2.